The first-order valence-corrected chi connectivity index (χ1v) is 8.70. The van der Waals surface area contributed by atoms with Crippen LogP contribution in [0.2, 0.25) is 0 Å². The van der Waals surface area contributed by atoms with Crippen molar-refractivity contribution in [1.29, 1.82) is 0 Å². The highest BCUT2D eigenvalue weighted by atomic mass is 16.3. The molecule has 0 spiro atoms. The summed E-state index contributed by atoms with van der Waals surface area (Å²) in [6, 6.07) is 2.03. The Hall–Kier alpha value is -1.02. The van der Waals surface area contributed by atoms with Gasteiger partial charge < -0.3 is 9.52 Å². The summed E-state index contributed by atoms with van der Waals surface area (Å²) in [4.78, 5) is 0. The Morgan fingerprint density at radius 1 is 1.36 bits per heavy atom. The van der Waals surface area contributed by atoms with Crippen LogP contribution in [0.5, 0.6) is 0 Å². The van der Waals surface area contributed by atoms with E-state index in [9.17, 15) is 5.11 Å². The summed E-state index contributed by atoms with van der Waals surface area (Å²) in [5, 5.41) is 10.8. The molecule has 1 heterocycles. The average Bonchev–Trinajstić information content (AvgIpc) is 2.89. The largest absolute Gasteiger partial charge is 0.472 e. The van der Waals surface area contributed by atoms with Gasteiger partial charge in [-0.15, -0.1) is 0 Å². The number of aryl methyl sites for hydroxylation is 1. The molecular weight excluding hydrogens is 272 g/mol. The molecular formula is C20H32O2. The second-order valence-corrected chi connectivity index (χ2v) is 8.01. The van der Waals surface area contributed by atoms with E-state index < -0.39 is 5.60 Å². The molecule has 1 fully saturated rings. The lowest BCUT2D eigenvalue weighted by Gasteiger charge is -2.48. The van der Waals surface area contributed by atoms with Crippen molar-refractivity contribution in [2.45, 2.75) is 78.2 Å². The third-order valence-electron chi connectivity index (χ3n) is 5.53. The maximum atomic E-state index is 10.8. The van der Waals surface area contributed by atoms with Crippen molar-refractivity contribution in [3.8, 4) is 0 Å². The first-order chi connectivity index (χ1) is 10.3. The van der Waals surface area contributed by atoms with Gasteiger partial charge in [-0.25, -0.2) is 0 Å². The summed E-state index contributed by atoms with van der Waals surface area (Å²) in [7, 11) is 0. The molecule has 1 aliphatic rings. The predicted octanol–water partition coefficient (Wildman–Crippen LogP) is 5.52. The quantitative estimate of drug-likeness (QED) is 0.702. The van der Waals surface area contributed by atoms with Gasteiger partial charge >= 0.3 is 0 Å². The van der Waals surface area contributed by atoms with Gasteiger partial charge in [0.1, 0.15) is 0 Å². The van der Waals surface area contributed by atoms with Crippen molar-refractivity contribution in [2.75, 3.05) is 0 Å². The fraction of sp³-hybridized carbons (Fsp3) is 0.700. The molecule has 124 valence electrons. The van der Waals surface area contributed by atoms with E-state index in [4.69, 9.17) is 4.42 Å². The van der Waals surface area contributed by atoms with E-state index in [1.807, 2.05) is 19.3 Å². The molecule has 0 radical (unpaired) electrons. The molecule has 2 rings (SSSR count). The number of hydrogen-bond acceptors (Lipinski definition) is 2. The average molecular weight is 304 g/mol. The molecule has 2 nitrogen and oxygen atoms in total. The Labute approximate surface area is 135 Å². The van der Waals surface area contributed by atoms with Crippen LogP contribution in [0.25, 0.3) is 0 Å². The number of aliphatic hydroxyl groups is 1. The van der Waals surface area contributed by atoms with Crippen LogP contribution in [0.1, 0.15) is 71.8 Å². The van der Waals surface area contributed by atoms with Crippen LogP contribution in [0.15, 0.2) is 34.7 Å². The molecule has 2 heteroatoms. The second-order valence-electron chi connectivity index (χ2n) is 8.01. The van der Waals surface area contributed by atoms with E-state index in [1.54, 1.807) is 6.26 Å². The van der Waals surface area contributed by atoms with Gasteiger partial charge in [0, 0.05) is 0 Å². The van der Waals surface area contributed by atoms with Gasteiger partial charge in [0.25, 0.3) is 0 Å². The summed E-state index contributed by atoms with van der Waals surface area (Å²) in [6.07, 6.45) is 13.5. The van der Waals surface area contributed by atoms with Crippen LogP contribution < -0.4 is 0 Å². The van der Waals surface area contributed by atoms with Crippen LogP contribution in [0.3, 0.4) is 0 Å². The predicted molar refractivity (Wildman–Crippen MR) is 91.8 cm³/mol. The SMILES string of the molecule is C/C(=C\CCc1ccoc1)CC[C@H]1C(C)(C)CCC[C@]1(C)O. The molecule has 1 saturated carbocycles. The highest BCUT2D eigenvalue weighted by Gasteiger charge is 2.44. The van der Waals surface area contributed by atoms with Crippen molar-refractivity contribution in [3.63, 3.8) is 0 Å². The molecule has 1 N–H and O–H groups in total. The third-order valence-corrected chi connectivity index (χ3v) is 5.53. The van der Waals surface area contributed by atoms with Gasteiger partial charge in [0.15, 0.2) is 0 Å². The molecule has 1 aromatic heterocycles. The normalized spacial score (nSPS) is 28.8. The van der Waals surface area contributed by atoms with Crippen LogP contribution in [-0.2, 0) is 6.42 Å². The summed E-state index contributed by atoms with van der Waals surface area (Å²) >= 11 is 0. The molecule has 0 bridgehead atoms. The van der Waals surface area contributed by atoms with Gasteiger partial charge in [-0.1, -0.05) is 31.9 Å². The summed E-state index contributed by atoms with van der Waals surface area (Å²) < 4.78 is 5.10. The van der Waals surface area contributed by atoms with E-state index >= 15 is 0 Å². The standard InChI is InChI=1S/C20H32O2/c1-16(7-5-8-17-11-14-22-15-17)9-10-18-19(2,3)12-6-13-20(18,4)21/h7,11,14-15,18,21H,5-6,8-10,12-13H2,1-4H3/b16-7+/t18-,20-/m0/s1. The number of allylic oxidation sites excluding steroid dienone is 2. The van der Waals surface area contributed by atoms with Crippen LogP contribution in [0.4, 0.5) is 0 Å². The van der Waals surface area contributed by atoms with Crippen molar-refractivity contribution in [1.82, 2.24) is 0 Å². The molecule has 1 aromatic rings. The number of hydrogen-bond donors (Lipinski definition) is 1. The second kappa shape index (κ2) is 7.04. The Balaban J connectivity index is 1.84. The van der Waals surface area contributed by atoms with Crippen LogP contribution in [0, 0.1) is 11.3 Å². The fourth-order valence-electron chi connectivity index (χ4n) is 4.19. The van der Waals surface area contributed by atoms with Crippen LogP contribution >= 0.6 is 0 Å². The Bertz CT molecular complexity index is 464. The van der Waals surface area contributed by atoms with E-state index in [0.717, 1.165) is 38.5 Å². The molecule has 22 heavy (non-hydrogen) atoms. The van der Waals surface area contributed by atoms with E-state index in [0.29, 0.717) is 5.92 Å². The van der Waals surface area contributed by atoms with Gasteiger partial charge in [0.05, 0.1) is 18.1 Å². The zero-order valence-corrected chi connectivity index (χ0v) is 14.7. The van der Waals surface area contributed by atoms with Crippen molar-refractivity contribution in [3.05, 3.63) is 35.8 Å². The Morgan fingerprint density at radius 3 is 2.77 bits per heavy atom. The smallest absolute Gasteiger partial charge is 0.0934 e. The van der Waals surface area contributed by atoms with Gasteiger partial charge in [0.2, 0.25) is 0 Å². The highest BCUT2D eigenvalue weighted by Crippen LogP contribution is 2.48. The zero-order chi connectivity index (χ0) is 16.2. The van der Waals surface area contributed by atoms with Crippen molar-refractivity contribution >= 4 is 0 Å². The Kier molecular flexibility index (Phi) is 5.55. The maximum absolute atomic E-state index is 10.8. The topological polar surface area (TPSA) is 33.4 Å². The first kappa shape index (κ1) is 17.3. The van der Waals surface area contributed by atoms with Gasteiger partial charge in [-0.3, -0.25) is 0 Å². The molecule has 1 aliphatic carbocycles. The van der Waals surface area contributed by atoms with E-state index in [1.165, 1.54) is 17.6 Å². The lowest BCUT2D eigenvalue weighted by atomic mass is 9.60. The summed E-state index contributed by atoms with van der Waals surface area (Å²) in [5.74, 6) is 0.394. The van der Waals surface area contributed by atoms with E-state index in [-0.39, 0.29) is 5.41 Å². The summed E-state index contributed by atoms with van der Waals surface area (Å²) in [6.45, 7) is 8.91. The lowest BCUT2D eigenvalue weighted by Crippen LogP contribution is -2.46. The first-order valence-electron chi connectivity index (χ1n) is 8.70. The van der Waals surface area contributed by atoms with Crippen LogP contribution in [-0.4, -0.2) is 10.7 Å². The fourth-order valence-corrected chi connectivity index (χ4v) is 4.19. The van der Waals surface area contributed by atoms with E-state index in [2.05, 4.69) is 26.8 Å². The highest BCUT2D eigenvalue weighted by molar-refractivity contribution is 5.08. The molecule has 0 aromatic carbocycles. The lowest BCUT2D eigenvalue weighted by molar-refractivity contribution is -0.0918. The monoisotopic (exact) mass is 304 g/mol. The molecule has 2 atom stereocenters. The summed E-state index contributed by atoms with van der Waals surface area (Å²) in [5.41, 5.74) is 2.46. The van der Waals surface area contributed by atoms with Gasteiger partial charge in [-0.2, -0.15) is 0 Å². The minimum absolute atomic E-state index is 0.249. The molecule has 0 aliphatic heterocycles. The number of furan rings is 1. The van der Waals surface area contributed by atoms with Gasteiger partial charge in [-0.05, 0) is 75.3 Å². The molecule has 0 amide bonds. The Morgan fingerprint density at radius 2 is 2.14 bits per heavy atom. The maximum Gasteiger partial charge on any atom is 0.0934 e. The third kappa shape index (κ3) is 4.49. The molecule has 0 saturated heterocycles. The molecule has 0 unspecified atom stereocenters. The number of rotatable bonds is 6. The van der Waals surface area contributed by atoms with Crippen molar-refractivity contribution < 1.29 is 9.52 Å². The minimum atomic E-state index is -0.501. The van der Waals surface area contributed by atoms with Crippen molar-refractivity contribution in [2.24, 2.45) is 11.3 Å². The minimum Gasteiger partial charge on any atom is -0.472 e. The zero-order valence-electron chi connectivity index (χ0n) is 14.7.